The Labute approximate surface area is 69.1 Å². The van der Waals surface area contributed by atoms with E-state index in [0.29, 0.717) is 11.8 Å². The van der Waals surface area contributed by atoms with Crippen molar-refractivity contribution in [3.63, 3.8) is 0 Å². The van der Waals surface area contributed by atoms with Crippen molar-refractivity contribution in [3.8, 4) is 0 Å². The summed E-state index contributed by atoms with van der Waals surface area (Å²) in [7, 11) is 1.17. The molecule has 0 spiro atoms. The van der Waals surface area contributed by atoms with E-state index in [1.165, 1.54) is 7.48 Å². The van der Waals surface area contributed by atoms with Gasteiger partial charge in [-0.3, -0.25) is 0 Å². The molecule has 0 saturated heterocycles. The summed E-state index contributed by atoms with van der Waals surface area (Å²) < 4.78 is 0. The maximum Gasteiger partial charge on any atom is 0.326 e. The van der Waals surface area contributed by atoms with E-state index in [9.17, 15) is 0 Å². The summed E-state index contributed by atoms with van der Waals surface area (Å²) in [6.07, 6.45) is 7.31. The van der Waals surface area contributed by atoms with Gasteiger partial charge in [-0.15, -0.1) is 0 Å². The molecule has 1 atom stereocenters. The standard InChI is InChI=1S/C9H14BO/c1-7(2)8-4-3-5-9(6-8)10-11/h3,5-8,11H,4H2,1-2H3. The predicted molar refractivity (Wildman–Crippen MR) is 48.1 cm³/mol. The minimum Gasteiger partial charge on any atom is -0.450 e. The van der Waals surface area contributed by atoms with Crippen LogP contribution in [0.2, 0.25) is 0 Å². The molecule has 0 aromatic heterocycles. The van der Waals surface area contributed by atoms with Gasteiger partial charge in [-0.25, -0.2) is 0 Å². The molecule has 0 amide bonds. The minimum absolute atomic E-state index is 0.596. The van der Waals surface area contributed by atoms with E-state index in [2.05, 4.69) is 26.0 Å². The molecule has 0 heterocycles. The monoisotopic (exact) mass is 149 g/mol. The van der Waals surface area contributed by atoms with Gasteiger partial charge in [0.2, 0.25) is 0 Å². The molecule has 0 aliphatic heterocycles. The lowest BCUT2D eigenvalue weighted by atomic mass is 9.78. The van der Waals surface area contributed by atoms with Crippen LogP contribution in [0.5, 0.6) is 0 Å². The van der Waals surface area contributed by atoms with Gasteiger partial charge in [0.05, 0.1) is 0 Å². The van der Waals surface area contributed by atoms with Crippen LogP contribution in [0.1, 0.15) is 20.3 Å². The number of allylic oxidation sites excluding steroid dienone is 4. The van der Waals surface area contributed by atoms with Crippen LogP contribution in [0.3, 0.4) is 0 Å². The molecule has 1 aliphatic rings. The largest absolute Gasteiger partial charge is 0.450 e. The van der Waals surface area contributed by atoms with E-state index in [-0.39, 0.29) is 0 Å². The van der Waals surface area contributed by atoms with E-state index in [1.807, 2.05) is 6.08 Å². The number of hydrogen-bond acceptors (Lipinski definition) is 1. The molecule has 1 nitrogen and oxygen atoms in total. The van der Waals surface area contributed by atoms with Gasteiger partial charge in [0.25, 0.3) is 0 Å². The van der Waals surface area contributed by atoms with E-state index < -0.39 is 0 Å². The maximum absolute atomic E-state index is 8.75. The van der Waals surface area contributed by atoms with Gasteiger partial charge in [0.1, 0.15) is 0 Å². The first-order valence-corrected chi connectivity index (χ1v) is 4.10. The summed E-state index contributed by atoms with van der Waals surface area (Å²) in [5, 5.41) is 8.75. The molecule has 0 bridgehead atoms. The minimum atomic E-state index is 0.596. The first-order valence-electron chi connectivity index (χ1n) is 4.10. The summed E-state index contributed by atoms with van der Waals surface area (Å²) in [6, 6.07) is 0. The smallest absolute Gasteiger partial charge is 0.326 e. The Balaban J connectivity index is 2.61. The normalized spacial score (nSPS) is 23.6. The van der Waals surface area contributed by atoms with Crippen LogP contribution in [0.4, 0.5) is 0 Å². The highest BCUT2D eigenvalue weighted by Crippen LogP contribution is 2.22. The Morgan fingerprint density at radius 1 is 1.64 bits per heavy atom. The van der Waals surface area contributed by atoms with Crippen molar-refractivity contribution in [2.45, 2.75) is 20.3 Å². The van der Waals surface area contributed by atoms with Gasteiger partial charge >= 0.3 is 7.48 Å². The average Bonchev–Trinajstić information content (AvgIpc) is 2.05. The molecule has 2 heteroatoms. The molecule has 1 aliphatic carbocycles. The molecule has 59 valence electrons. The Bertz CT molecular complexity index is 182. The number of hydrogen-bond donors (Lipinski definition) is 1. The SMILES string of the molecule is CC(C)C1C=C([B]O)C=CC1. The third kappa shape index (κ3) is 2.23. The molecule has 0 saturated carbocycles. The van der Waals surface area contributed by atoms with Crippen molar-refractivity contribution >= 4 is 7.48 Å². The van der Waals surface area contributed by atoms with Crippen LogP contribution in [0.15, 0.2) is 23.7 Å². The van der Waals surface area contributed by atoms with E-state index >= 15 is 0 Å². The average molecular weight is 149 g/mol. The fraction of sp³-hybridized carbons (Fsp3) is 0.556. The summed E-state index contributed by atoms with van der Waals surface area (Å²) >= 11 is 0. The third-order valence-corrected chi connectivity index (χ3v) is 2.13. The second kappa shape index (κ2) is 3.77. The Morgan fingerprint density at radius 3 is 2.91 bits per heavy atom. The van der Waals surface area contributed by atoms with E-state index in [0.717, 1.165) is 11.9 Å². The van der Waals surface area contributed by atoms with Gasteiger partial charge in [0.15, 0.2) is 0 Å². The fourth-order valence-corrected chi connectivity index (χ4v) is 1.28. The molecule has 0 fully saturated rings. The highest BCUT2D eigenvalue weighted by molar-refractivity contribution is 6.37. The van der Waals surface area contributed by atoms with Gasteiger partial charge in [-0.1, -0.05) is 37.5 Å². The van der Waals surface area contributed by atoms with Crippen molar-refractivity contribution in [1.29, 1.82) is 0 Å². The lowest BCUT2D eigenvalue weighted by Gasteiger charge is -2.18. The second-order valence-electron chi connectivity index (χ2n) is 3.34. The van der Waals surface area contributed by atoms with Crippen molar-refractivity contribution in [2.24, 2.45) is 11.8 Å². The summed E-state index contributed by atoms with van der Waals surface area (Å²) in [6.45, 7) is 4.41. The summed E-state index contributed by atoms with van der Waals surface area (Å²) in [5.74, 6) is 1.26. The van der Waals surface area contributed by atoms with Crippen molar-refractivity contribution in [2.75, 3.05) is 0 Å². The third-order valence-electron chi connectivity index (χ3n) is 2.13. The van der Waals surface area contributed by atoms with Crippen LogP contribution < -0.4 is 0 Å². The van der Waals surface area contributed by atoms with Crippen LogP contribution in [-0.2, 0) is 0 Å². The lowest BCUT2D eigenvalue weighted by Crippen LogP contribution is -2.09. The molecular formula is C9H14BO. The molecule has 1 rings (SSSR count). The van der Waals surface area contributed by atoms with E-state index in [4.69, 9.17) is 5.02 Å². The molecular weight excluding hydrogens is 135 g/mol. The van der Waals surface area contributed by atoms with Crippen molar-refractivity contribution in [1.82, 2.24) is 0 Å². The Hall–Kier alpha value is -0.495. The lowest BCUT2D eigenvalue weighted by molar-refractivity contribution is 0.466. The van der Waals surface area contributed by atoms with Crippen LogP contribution in [0, 0.1) is 11.8 Å². The number of rotatable bonds is 2. The summed E-state index contributed by atoms with van der Waals surface area (Å²) in [5.41, 5.74) is 0.940. The van der Waals surface area contributed by atoms with Crippen molar-refractivity contribution < 1.29 is 5.02 Å². The predicted octanol–water partition coefficient (Wildman–Crippen LogP) is 1.71. The van der Waals surface area contributed by atoms with Gasteiger partial charge < -0.3 is 5.02 Å². The molecule has 0 aromatic carbocycles. The van der Waals surface area contributed by atoms with Crippen molar-refractivity contribution in [3.05, 3.63) is 23.7 Å². The van der Waals surface area contributed by atoms with Crippen LogP contribution in [0.25, 0.3) is 0 Å². The zero-order chi connectivity index (χ0) is 8.27. The zero-order valence-corrected chi connectivity index (χ0v) is 7.12. The maximum atomic E-state index is 8.75. The first kappa shape index (κ1) is 8.60. The zero-order valence-electron chi connectivity index (χ0n) is 7.12. The quantitative estimate of drug-likeness (QED) is 0.592. The topological polar surface area (TPSA) is 20.2 Å². The molecule has 11 heavy (non-hydrogen) atoms. The molecule has 0 aromatic rings. The molecule has 1 N–H and O–H groups in total. The highest BCUT2D eigenvalue weighted by Gasteiger charge is 2.12. The molecule has 1 unspecified atom stereocenters. The molecule has 1 radical (unpaired) electrons. The van der Waals surface area contributed by atoms with Gasteiger partial charge in [0, 0.05) is 0 Å². The van der Waals surface area contributed by atoms with E-state index in [1.54, 1.807) is 0 Å². The van der Waals surface area contributed by atoms with Gasteiger partial charge in [-0.2, -0.15) is 0 Å². The van der Waals surface area contributed by atoms with Crippen LogP contribution >= 0.6 is 0 Å². The second-order valence-corrected chi connectivity index (χ2v) is 3.34. The van der Waals surface area contributed by atoms with Gasteiger partial charge in [-0.05, 0) is 18.3 Å². The first-order chi connectivity index (χ1) is 5.24. The highest BCUT2D eigenvalue weighted by atomic mass is 16.2. The fourth-order valence-electron chi connectivity index (χ4n) is 1.28. The Morgan fingerprint density at radius 2 is 2.36 bits per heavy atom. The summed E-state index contributed by atoms with van der Waals surface area (Å²) in [4.78, 5) is 0. The Kier molecular flexibility index (Phi) is 2.95. The van der Waals surface area contributed by atoms with Crippen LogP contribution in [-0.4, -0.2) is 12.5 Å².